The fourth-order valence-corrected chi connectivity index (χ4v) is 2.48. The van der Waals surface area contributed by atoms with E-state index in [0.717, 1.165) is 25.9 Å². The summed E-state index contributed by atoms with van der Waals surface area (Å²) in [5.74, 6) is 0.660. The molecular formula is C14H21NO. The number of hydrogen-bond acceptors (Lipinski definition) is 2. The first-order chi connectivity index (χ1) is 7.84. The van der Waals surface area contributed by atoms with Crippen LogP contribution < -0.4 is 5.32 Å². The lowest BCUT2D eigenvalue weighted by atomic mass is 9.91. The minimum Gasteiger partial charge on any atom is -0.393 e. The van der Waals surface area contributed by atoms with Gasteiger partial charge in [-0.25, -0.2) is 0 Å². The van der Waals surface area contributed by atoms with Gasteiger partial charge in [0.05, 0.1) is 6.10 Å². The molecule has 2 atom stereocenters. The highest BCUT2D eigenvalue weighted by Crippen LogP contribution is 2.18. The second-order valence-corrected chi connectivity index (χ2v) is 4.79. The molecule has 0 amide bonds. The molecule has 1 aromatic carbocycles. The Morgan fingerprint density at radius 1 is 1.31 bits per heavy atom. The molecule has 1 aliphatic rings. The lowest BCUT2D eigenvalue weighted by Crippen LogP contribution is -2.32. The van der Waals surface area contributed by atoms with Crippen LogP contribution in [0.2, 0.25) is 0 Å². The van der Waals surface area contributed by atoms with E-state index in [4.69, 9.17) is 0 Å². The van der Waals surface area contributed by atoms with E-state index in [1.165, 1.54) is 18.4 Å². The molecule has 0 spiro atoms. The summed E-state index contributed by atoms with van der Waals surface area (Å²) in [7, 11) is 0. The molecule has 2 heteroatoms. The van der Waals surface area contributed by atoms with Gasteiger partial charge in [-0.05, 0) is 50.3 Å². The molecule has 2 N–H and O–H groups in total. The van der Waals surface area contributed by atoms with Crippen molar-refractivity contribution in [1.82, 2.24) is 5.32 Å². The standard InChI is InChI=1S/C14H21NO/c16-14(9-12-5-2-1-3-6-12)10-13-7-4-8-15-11-13/h1-3,5-6,13-16H,4,7-11H2. The van der Waals surface area contributed by atoms with E-state index in [0.29, 0.717) is 5.92 Å². The SMILES string of the molecule is OC(Cc1ccccc1)CC1CCCNC1. The van der Waals surface area contributed by atoms with Gasteiger partial charge in [-0.2, -0.15) is 0 Å². The van der Waals surface area contributed by atoms with Crippen LogP contribution in [0.5, 0.6) is 0 Å². The van der Waals surface area contributed by atoms with Crippen molar-refractivity contribution in [2.45, 2.75) is 31.8 Å². The topological polar surface area (TPSA) is 32.3 Å². The highest BCUT2D eigenvalue weighted by atomic mass is 16.3. The van der Waals surface area contributed by atoms with Crippen molar-refractivity contribution in [2.24, 2.45) is 5.92 Å². The van der Waals surface area contributed by atoms with Crippen LogP contribution in [0.15, 0.2) is 30.3 Å². The van der Waals surface area contributed by atoms with E-state index in [1.54, 1.807) is 0 Å². The molecule has 1 saturated heterocycles. The molecule has 2 unspecified atom stereocenters. The van der Waals surface area contributed by atoms with Gasteiger partial charge in [0.2, 0.25) is 0 Å². The molecule has 1 heterocycles. The highest BCUT2D eigenvalue weighted by Gasteiger charge is 2.17. The normalized spacial score (nSPS) is 22.9. The van der Waals surface area contributed by atoms with Gasteiger partial charge in [0, 0.05) is 0 Å². The summed E-state index contributed by atoms with van der Waals surface area (Å²) in [6.07, 6.45) is 4.05. The zero-order valence-electron chi connectivity index (χ0n) is 9.73. The largest absolute Gasteiger partial charge is 0.393 e. The Morgan fingerprint density at radius 3 is 2.81 bits per heavy atom. The molecule has 1 fully saturated rings. The van der Waals surface area contributed by atoms with Gasteiger partial charge in [-0.15, -0.1) is 0 Å². The monoisotopic (exact) mass is 219 g/mol. The van der Waals surface area contributed by atoms with Crippen molar-refractivity contribution >= 4 is 0 Å². The van der Waals surface area contributed by atoms with E-state index >= 15 is 0 Å². The van der Waals surface area contributed by atoms with Gasteiger partial charge < -0.3 is 10.4 Å². The number of aliphatic hydroxyl groups is 1. The summed E-state index contributed by atoms with van der Waals surface area (Å²) >= 11 is 0. The second-order valence-electron chi connectivity index (χ2n) is 4.79. The summed E-state index contributed by atoms with van der Waals surface area (Å²) in [5.41, 5.74) is 1.23. The quantitative estimate of drug-likeness (QED) is 0.811. The smallest absolute Gasteiger partial charge is 0.0583 e. The molecule has 0 bridgehead atoms. The summed E-state index contributed by atoms with van der Waals surface area (Å²) < 4.78 is 0. The maximum atomic E-state index is 10.0. The van der Waals surface area contributed by atoms with Gasteiger partial charge in [-0.1, -0.05) is 30.3 Å². The molecule has 0 saturated carbocycles. The third-order valence-electron chi connectivity index (χ3n) is 3.32. The Kier molecular flexibility index (Phi) is 4.37. The van der Waals surface area contributed by atoms with Gasteiger partial charge in [0.25, 0.3) is 0 Å². The van der Waals surface area contributed by atoms with Crippen LogP contribution in [-0.4, -0.2) is 24.3 Å². The van der Waals surface area contributed by atoms with E-state index < -0.39 is 0 Å². The molecular weight excluding hydrogens is 198 g/mol. The van der Waals surface area contributed by atoms with E-state index in [1.807, 2.05) is 18.2 Å². The molecule has 2 nitrogen and oxygen atoms in total. The summed E-state index contributed by atoms with van der Waals surface area (Å²) in [5, 5.41) is 13.4. The van der Waals surface area contributed by atoms with Crippen LogP contribution in [0.1, 0.15) is 24.8 Å². The van der Waals surface area contributed by atoms with Crippen molar-refractivity contribution < 1.29 is 5.11 Å². The van der Waals surface area contributed by atoms with Crippen LogP contribution in [0.25, 0.3) is 0 Å². The Bertz CT molecular complexity index is 293. The molecule has 88 valence electrons. The van der Waals surface area contributed by atoms with Crippen molar-refractivity contribution in [3.8, 4) is 0 Å². The lowest BCUT2D eigenvalue weighted by molar-refractivity contribution is 0.134. The minimum atomic E-state index is -0.188. The number of rotatable bonds is 4. The number of piperidine rings is 1. The van der Waals surface area contributed by atoms with Crippen molar-refractivity contribution in [3.05, 3.63) is 35.9 Å². The Balaban J connectivity index is 1.77. The number of benzene rings is 1. The molecule has 0 aliphatic carbocycles. The highest BCUT2D eigenvalue weighted by molar-refractivity contribution is 5.15. The van der Waals surface area contributed by atoms with Crippen molar-refractivity contribution in [1.29, 1.82) is 0 Å². The van der Waals surface area contributed by atoms with Crippen LogP contribution in [-0.2, 0) is 6.42 Å². The predicted molar refractivity (Wildman–Crippen MR) is 66.4 cm³/mol. The minimum absolute atomic E-state index is 0.188. The summed E-state index contributed by atoms with van der Waals surface area (Å²) in [6, 6.07) is 10.3. The average molecular weight is 219 g/mol. The zero-order chi connectivity index (χ0) is 11.2. The fourth-order valence-electron chi connectivity index (χ4n) is 2.48. The fraction of sp³-hybridized carbons (Fsp3) is 0.571. The summed E-state index contributed by atoms with van der Waals surface area (Å²) in [6.45, 7) is 2.22. The van der Waals surface area contributed by atoms with Gasteiger partial charge in [0.1, 0.15) is 0 Å². The number of hydrogen-bond donors (Lipinski definition) is 2. The van der Waals surface area contributed by atoms with Gasteiger partial charge >= 0.3 is 0 Å². The average Bonchev–Trinajstić information content (AvgIpc) is 2.31. The number of nitrogens with one attached hydrogen (secondary N) is 1. The van der Waals surface area contributed by atoms with Crippen LogP contribution in [0.3, 0.4) is 0 Å². The Hall–Kier alpha value is -0.860. The molecule has 1 aromatic rings. The zero-order valence-corrected chi connectivity index (χ0v) is 9.73. The third-order valence-corrected chi connectivity index (χ3v) is 3.32. The maximum absolute atomic E-state index is 10.0. The molecule has 0 radical (unpaired) electrons. The summed E-state index contributed by atoms with van der Waals surface area (Å²) in [4.78, 5) is 0. The maximum Gasteiger partial charge on any atom is 0.0583 e. The lowest BCUT2D eigenvalue weighted by Gasteiger charge is -2.24. The molecule has 16 heavy (non-hydrogen) atoms. The first-order valence-corrected chi connectivity index (χ1v) is 6.27. The second kappa shape index (κ2) is 6.02. The molecule has 1 aliphatic heterocycles. The molecule has 0 aromatic heterocycles. The third kappa shape index (κ3) is 3.62. The first kappa shape index (κ1) is 11.6. The van der Waals surface area contributed by atoms with Crippen LogP contribution in [0, 0.1) is 5.92 Å². The predicted octanol–water partition coefficient (Wildman–Crippen LogP) is 1.98. The van der Waals surface area contributed by atoms with Crippen molar-refractivity contribution in [2.75, 3.05) is 13.1 Å². The van der Waals surface area contributed by atoms with Crippen LogP contribution in [0.4, 0.5) is 0 Å². The van der Waals surface area contributed by atoms with E-state index in [-0.39, 0.29) is 6.10 Å². The van der Waals surface area contributed by atoms with Gasteiger partial charge in [-0.3, -0.25) is 0 Å². The van der Waals surface area contributed by atoms with Crippen LogP contribution >= 0.6 is 0 Å². The number of aliphatic hydroxyl groups excluding tert-OH is 1. The molecule has 2 rings (SSSR count). The van der Waals surface area contributed by atoms with Crippen molar-refractivity contribution in [3.63, 3.8) is 0 Å². The van der Waals surface area contributed by atoms with E-state index in [9.17, 15) is 5.11 Å². The first-order valence-electron chi connectivity index (χ1n) is 6.27. The Labute approximate surface area is 97.7 Å². The van der Waals surface area contributed by atoms with E-state index in [2.05, 4.69) is 17.4 Å². The van der Waals surface area contributed by atoms with Gasteiger partial charge in [0.15, 0.2) is 0 Å². The Morgan fingerprint density at radius 2 is 2.12 bits per heavy atom.